The van der Waals surface area contributed by atoms with Crippen LogP contribution in [0.1, 0.15) is 45.4 Å². The molecular weight excluding hydrogens is 262 g/mol. The zero-order valence-corrected chi connectivity index (χ0v) is 12.2. The van der Waals surface area contributed by atoms with Crippen molar-refractivity contribution in [2.45, 2.75) is 63.5 Å². The van der Waals surface area contributed by atoms with Gasteiger partial charge in [-0.05, 0) is 45.1 Å². The SMILES string of the molecule is CCN1C[C@H]2CCN(C3CCC(F)(F)CC3)[C@H](C2)C1=O. The largest absolute Gasteiger partial charge is 0.341 e. The highest BCUT2D eigenvalue weighted by Gasteiger charge is 2.45. The lowest BCUT2D eigenvalue weighted by atomic mass is 9.82. The van der Waals surface area contributed by atoms with Crippen molar-refractivity contribution in [3.8, 4) is 0 Å². The summed E-state index contributed by atoms with van der Waals surface area (Å²) in [6.07, 6.45) is 3.07. The number of piperidine rings is 2. The third-order valence-corrected chi connectivity index (χ3v) is 5.37. The lowest BCUT2D eigenvalue weighted by Gasteiger charge is -2.50. The maximum atomic E-state index is 13.3. The first-order valence-corrected chi connectivity index (χ1v) is 7.92. The summed E-state index contributed by atoms with van der Waals surface area (Å²) < 4.78 is 26.6. The summed E-state index contributed by atoms with van der Waals surface area (Å²) in [7, 11) is 0. The Hall–Kier alpha value is -0.710. The van der Waals surface area contributed by atoms with E-state index < -0.39 is 5.92 Å². The molecule has 1 aliphatic carbocycles. The highest BCUT2D eigenvalue weighted by molar-refractivity contribution is 5.83. The summed E-state index contributed by atoms with van der Waals surface area (Å²) in [5, 5.41) is 0. The predicted molar refractivity (Wildman–Crippen MR) is 72.7 cm³/mol. The van der Waals surface area contributed by atoms with Crippen molar-refractivity contribution in [3.63, 3.8) is 0 Å². The van der Waals surface area contributed by atoms with Crippen LogP contribution in [0, 0.1) is 5.92 Å². The lowest BCUT2D eigenvalue weighted by molar-refractivity contribution is -0.149. The van der Waals surface area contributed by atoms with E-state index in [0.717, 1.165) is 32.5 Å². The molecule has 2 atom stereocenters. The molecule has 3 aliphatic rings. The van der Waals surface area contributed by atoms with E-state index >= 15 is 0 Å². The summed E-state index contributed by atoms with van der Waals surface area (Å²) >= 11 is 0. The Kier molecular flexibility index (Phi) is 3.73. The van der Waals surface area contributed by atoms with Gasteiger partial charge in [0.25, 0.3) is 0 Å². The van der Waals surface area contributed by atoms with E-state index in [1.807, 2.05) is 11.8 Å². The molecule has 3 nitrogen and oxygen atoms in total. The number of hydrogen-bond acceptors (Lipinski definition) is 2. The molecule has 1 amide bonds. The molecule has 20 heavy (non-hydrogen) atoms. The zero-order valence-electron chi connectivity index (χ0n) is 12.2. The van der Waals surface area contributed by atoms with Crippen molar-refractivity contribution in [1.29, 1.82) is 0 Å². The average Bonchev–Trinajstić information content (AvgIpc) is 2.43. The van der Waals surface area contributed by atoms with Gasteiger partial charge in [-0.2, -0.15) is 0 Å². The molecule has 2 heterocycles. The van der Waals surface area contributed by atoms with Crippen LogP contribution < -0.4 is 0 Å². The van der Waals surface area contributed by atoms with Gasteiger partial charge in [0, 0.05) is 32.0 Å². The lowest BCUT2D eigenvalue weighted by Crippen LogP contribution is -2.61. The first kappa shape index (κ1) is 14.2. The fourth-order valence-corrected chi connectivity index (χ4v) is 4.16. The minimum absolute atomic E-state index is 0.0179. The molecule has 0 spiro atoms. The molecule has 0 aromatic heterocycles. The second-order valence-corrected chi connectivity index (χ2v) is 6.61. The standard InChI is InChI=1S/C15H24F2N2O/c1-2-18-10-11-5-8-19(13(9-11)14(18)20)12-3-6-15(16,17)7-4-12/h11-13H,2-10H2,1H3/t11-,13+/m0/s1. The van der Waals surface area contributed by atoms with E-state index in [1.54, 1.807) is 0 Å². The number of rotatable bonds is 2. The Morgan fingerprint density at radius 3 is 2.60 bits per heavy atom. The first-order chi connectivity index (χ1) is 9.50. The predicted octanol–water partition coefficient (Wildman–Crippen LogP) is 2.51. The van der Waals surface area contributed by atoms with Crippen LogP contribution in [-0.4, -0.2) is 53.3 Å². The van der Waals surface area contributed by atoms with Gasteiger partial charge in [0.15, 0.2) is 0 Å². The molecule has 2 aliphatic heterocycles. The molecule has 2 bridgehead atoms. The Morgan fingerprint density at radius 1 is 1.25 bits per heavy atom. The number of hydrogen-bond donors (Lipinski definition) is 0. The number of carbonyl (C=O) groups is 1. The van der Waals surface area contributed by atoms with Crippen LogP contribution in [0.25, 0.3) is 0 Å². The smallest absolute Gasteiger partial charge is 0.248 e. The van der Waals surface area contributed by atoms with E-state index in [4.69, 9.17) is 0 Å². The summed E-state index contributed by atoms with van der Waals surface area (Å²) in [5.74, 6) is -1.65. The van der Waals surface area contributed by atoms with Crippen molar-refractivity contribution >= 4 is 5.91 Å². The van der Waals surface area contributed by atoms with Crippen LogP contribution in [0.3, 0.4) is 0 Å². The average molecular weight is 286 g/mol. The third kappa shape index (κ3) is 2.57. The molecule has 0 radical (unpaired) electrons. The number of amides is 1. The summed E-state index contributed by atoms with van der Waals surface area (Å²) in [5.41, 5.74) is 0. The van der Waals surface area contributed by atoms with Crippen molar-refractivity contribution in [2.24, 2.45) is 5.92 Å². The Morgan fingerprint density at radius 2 is 1.95 bits per heavy atom. The molecule has 3 rings (SSSR count). The monoisotopic (exact) mass is 286 g/mol. The number of alkyl halides is 2. The quantitative estimate of drug-likeness (QED) is 0.778. The van der Waals surface area contributed by atoms with Gasteiger partial charge in [-0.25, -0.2) is 8.78 Å². The van der Waals surface area contributed by atoms with Crippen LogP contribution in [0.4, 0.5) is 8.78 Å². The molecule has 5 heteroatoms. The van der Waals surface area contributed by atoms with Gasteiger partial charge in [-0.3, -0.25) is 9.69 Å². The summed E-state index contributed by atoms with van der Waals surface area (Å²) in [6.45, 7) is 4.59. The van der Waals surface area contributed by atoms with Gasteiger partial charge in [-0.1, -0.05) is 0 Å². The van der Waals surface area contributed by atoms with Crippen LogP contribution in [0.2, 0.25) is 0 Å². The minimum atomic E-state index is -2.49. The van der Waals surface area contributed by atoms with Crippen molar-refractivity contribution < 1.29 is 13.6 Å². The topological polar surface area (TPSA) is 23.6 Å². The second kappa shape index (κ2) is 5.24. The van der Waals surface area contributed by atoms with E-state index in [-0.39, 0.29) is 30.8 Å². The Bertz CT molecular complexity index is 378. The van der Waals surface area contributed by atoms with Crippen molar-refractivity contribution in [1.82, 2.24) is 9.80 Å². The molecular formula is C15H24F2N2O. The second-order valence-electron chi connectivity index (χ2n) is 6.61. The Balaban J connectivity index is 1.69. The van der Waals surface area contributed by atoms with Crippen LogP contribution in [0.15, 0.2) is 0 Å². The molecule has 114 valence electrons. The molecule has 0 unspecified atom stereocenters. The fourth-order valence-electron chi connectivity index (χ4n) is 4.16. The summed E-state index contributed by atoms with van der Waals surface area (Å²) in [6, 6.07) is 0.139. The van der Waals surface area contributed by atoms with Crippen molar-refractivity contribution in [2.75, 3.05) is 19.6 Å². The summed E-state index contributed by atoms with van der Waals surface area (Å²) in [4.78, 5) is 16.7. The van der Waals surface area contributed by atoms with E-state index in [9.17, 15) is 13.6 Å². The van der Waals surface area contributed by atoms with Crippen molar-refractivity contribution in [3.05, 3.63) is 0 Å². The van der Waals surface area contributed by atoms with Gasteiger partial charge in [-0.15, -0.1) is 0 Å². The first-order valence-electron chi connectivity index (χ1n) is 7.92. The minimum Gasteiger partial charge on any atom is -0.341 e. The molecule has 1 saturated carbocycles. The van der Waals surface area contributed by atoms with Gasteiger partial charge >= 0.3 is 0 Å². The number of likely N-dealkylation sites (N-methyl/N-ethyl adjacent to an activating group) is 1. The van der Waals surface area contributed by atoms with E-state index in [1.165, 1.54) is 0 Å². The van der Waals surface area contributed by atoms with Crippen LogP contribution in [-0.2, 0) is 4.79 Å². The van der Waals surface area contributed by atoms with Gasteiger partial charge in [0.2, 0.25) is 11.8 Å². The normalized spacial score (nSPS) is 35.4. The van der Waals surface area contributed by atoms with Crippen LogP contribution >= 0.6 is 0 Å². The number of fused-ring (bicyclic) bond motifs is 2. The van der Waals surface area contributed by atoms with E-state index in [2.05, 4.69) is 4.90 Å². The molecule has 0 aromatic rings. The highest BCUT2D eigenvalue weighted by atomic mass is 19.3. The molecule has 3 fully saturated rings. The maximum absolute atomic E-state index is 13.3. The van der Waals surface area contributed by atoms with Gasteiger partial charge in [0.05, 0.1) is 6.04 Å². The maximum Gasteiger partial charge on any atom is 0.248 e. The number of carbonyl (C=O) groups excluding carboxylic acids is 1. The van der Waals surface area contributed by atoms with Crippen LogP contribution in [0.5, 0.6) is 0 Å². The van der Waals surface area contributed by atoms with Gasteiger partial charge in [0.1, 0.15) is 0 Å². The third-order valence-electron chi connectivity index (χ3n) is 5.37. The number of likely N-dealkylation sites (tertiary alicyclic amines) is 2. The molecule has 0 aromatic carbocycles. The molecule has 2 saturated heterocycles. The van der Waals surface area contributed by atoms with Gasteiger partial charge < -0.3 is 4.90 Å². The number of halogens is 2. The zero-order chi connectivity index (χ0) is 14.3. The molecule has 0 N–H and O–H groups in total. The Labute approximate surface area is 119 Å². The fraction of sp³-hybridized carbons (Fsp3) is 0.933. The number of nitrogens with zero attached hydrogens (tertiary/aromatic N) is 2. The highest BCUT2D eigenvalue weighted by Crippen LogP contribution is 2.39. The van der Waals surface area contributed by atoms with E-state index in [0.29, 0.717) is 18.8 Å².